The summed E-state index contributed by atoms with van der Waals surface area (Å²) >= 11 is 0. The minimum atomic E-state index is 0.244. The van der Waals surface area contributed by atoms with E-state index in [2.05, 4.69) is 24.3 Å². The van der Waals surface area contributed by atoms with Crippen molar-refractivity contribution in [3.63, 3.8) is 0 Å². The smallest absolute Gasteiger partial charge is 0.0777 e. The maximum atomic E-state index is 5.69. The summed E-state index contributed by atoms with van der Waals surface area (Å²) in [4.78, 5) is 0. The van der Waals surface area contributed by atoms with E-state index in [1.807, 2.05) is 18.2 Å². The Labute approximate surface area is 103 Å². The summed E-state index contributed by atoms with van der Waals surface area (Å²) in [5.41, 5.74) is 1.23. The first-order valence-electron chi connectivity index (χ1n) is 6.35. The van der Waals surface area contributed by atoms with Crippen molar-refractivity contribution in [1.82, 2.24) is 0 Å². The van der Waals surface area contributed by atoms with Crippen LogP contribution in [0, 0.1) is 0 Å². The number of ether oxygens (including phenoxy) is 2. The van der Waals surface area contributed by atoms with Crippen LogP contribution in [0.25, 0.3) is 0 Å². The SMILES string of the molecule is C1=C[C@@H](CCOCc2ccccc2)OCCC1. The second-order valence-corrected chi connectivity index (χ2v) is 4.31. The summed E-state index contributed by atoms with van der Waals surface area (Å²) in [6, 6.07) is 10.3. The topological polar surface area (TPSA) is 18.5 Å². The van der Waals surface area contributed by atoms with Gasteiger partial charge in [-0.05, 0) is 18.4 Å². The third kappa shape index (κ3) is 4.72. The Morgan fingerprint density at radius 1 is 1.24 bits per heavy atom. The number of benzene rings is 1. The van der Waals surface area contributed by atoms with E-state index < -0.39 is 0 Å². The summed E-state index contributed by atoms with van der Waals surface area (Å²) < 4.78 is 11.3. The van der Waals surface area contributed by atoms with Crippen molar-refractivity contribution in [2.75, 3.05) is 13.2 Å². The summed E-state index contributed by atoms with van der Waals surface area (Å²) in [5.74, 6) is 0. The van der Waals surface area contributed by atoms with Crippen LogP contribution in [0.4, 0.5) is 0 Å². The summed E-state index contributed by atoms with van der Waals surface area (Å²) in [6.45, 7) is 2.32. The molecule has 1 atom stereocenters. The fourth-order valence-corrected chi connectivity index (χ4v) is 1.88. The van der Waals surface area contributed by atoms with Gasteiger partial charge in [0.15, 0.2) is 0 Å². The van der Waals surface area contributed by atoms with Gasteiger partial charge in [0.1, 0.15) is 0 Å². The third-order valence-electron chi connectivity index (χ3n) is 2.86. The number of hydrogen-bond acceptors (Lipinski definition) is 2. The van der Waals surface area contributed by atoms with Crippen LogP contribution >= 0.6 is 0 Å². The highest BCUT2D eigenvalue weighted by atomic mass is 16.5. The van der Waals surface area contributed by atoms with Crippen molar-refractivity contribution in [3.05, 3.63) is 48.0 Å². The van der Waals surface area contributed by atoms with Crippen molar-refractivity contribution in [2.45, 2.75) is 32.0 Å². The van der Waals surface area contributed by atoms with Gasteiger partial charge in [0.05, 0.1) is 12.7 Å². The summed E-state index contributed by atoms with van der Waals surface area (Å²) in [6.07, 6.45) is 7.85. The number of rotatable bonds is 5. The van der Waals surface area contributed by atoms with Gasteiger partial charge in [0.2, 0.25) is 0 Å². The first-order chi connectivity index (χ1) is 8.45. The van der Waals surface area contributed by atoms with Crippen molar-refractivity contribution in [1.29, 1.82) is 0 Å². The van der Waals surface area contributed by atoms with Crippen LogP contribution < -0.4 is 0 Å². The van der Waals surface area contributed by atoms with E-state index in [1.54, 1.807) is 0 Å². The lowest BCUT2D eigenvalue weighted by atomic mass is 10.2. The van der Waals surface area contributed by atoms with Crippen LogP contribution in [0.3, 0.4) is 0 Å². The zero-order valence-corrected chi connectivity index (χ0v) is 10.2. The van der Waals surface area contributed by atoms with Gasteiger partial charge in [0.25, 0.3) is 0 Å². The van der Waals surface area contributed by atoms with E-state index in [4.69, 9.17) is 9.47 Å². The second kappa shape index (κ2) is 7.25. The predicted molar refractivity (Wildman–Crippen MR) is 68.8 cm³/mol. The van der Waals surface area contributed by atoms with Crippen LogP contribution in [0.1, 0.15) is 24.8 Å². The molecule has 0 aliphatic carbocycles. The Morgan fingerprint density at radius 2 is 2.12 bits per heavy atom. The normalized spacial score (nSPS) is 20.1. The average Bonchev–Trinajstić information content (AvgIpc) is 2.65. The molecule has 0 aromatic heterocycles. The van der Waals surface area contributed by atoms with Crippen LogP contribution in [0.2, 0.25) is 0 Å². The minimum Gasteiger partial charge on any atom is -0.377 e. The molecular formula is C15H20O2. The first kappa shape index (κ1) is 12.3. The van der Waals surface area contributed by atoms with Crippen LogP contribution in [0.15, 0.2) is 42.5 Å². The molecule has 0 unspecified atom stereocenters. The average molecular weight is 232 g/mol. The standard InChI is InChI=1S/C15H20O2/c1-3-7-14(8-4-1)13-16-12-10-15-9-5-2-6-11-17-15/h1,3-5,7-9,15H,2,6,10-13H2/t15-/m0/s1. The lowest BCUT2D eigenvalue weighted by Crippen LogP contribution is -2.12. The highest BCUT2D eigenvalue weighted by molar-refractivity contribution is 5.13. The zero-order chi connectivity index (χ0) is 11.8. The van der Waals surface area contributed by atoms with Gasteiger partial charge in [-0.3, -0.25) is 0 Å². The molecule has 1 aromatic carbocycles. The van der Waals surface area contributed by atoms with Gasteiger partial charge in [-0.2, -0.15) is 0 Å². The van der Waals surface area contributed by atoms with Crippen molar-refractivity contribution >= 4 is 0 Å². The molecule has 0 N–H and O–H groups in total. The molecule has 0 saturated carbocycles. The summed E-state index contributed by atoms with van der Waals surface area (Å²) in [7, 11) is 0. The molecule has 0 spiro atoms. The number of allylic oxidation sites excluding steroid dienone is 1. The first-order valence-corrected chi connectivity index (χ1v) is 6.35. The molecule has 2 nitrogen and oxygen atoms in total. The Balaban J connectivity index is 1.62. The molecule has 0 saturated heterocycles. The Kier molecular flexibility index (Phi) is 5.27. The molecule has 2 rings (SSSR count). The molecule has 92 valence electrons. The van der Waals surface area contributed by atoms with Crippen molar-refractivity contribution in [3.8, 4) is 0 Å². The quantitative estimate of drug-likeness (QED) is 0.572. The largest absolute Gasteiger partial charge is 0.377 e. The predicted octanol–water partition coefficient (Wildman–Crippen LogP) is 3.33. The van der Waals surface area contributed by atoms with Gasteiger partial charge in [-0.1, -0.05) is 42.5 Å². The van der Waals surface area contributed by atoms with E-state index in [0.717, 1.165) is 32.5 Å². The van der Waals surface area contributed by atoms with E-state index in [1.165, 1.54) is 5.56 Å². The Morgan fingerprint density at radius 3 is 3.00 bits per heavy atom. The van der Waals surface area contributed by atoms with Gasteiger partial charge < -0.3 is 9.47 Å². The van der Waals surface area contributed by atoms with E-state index >= 15 is 0 Å². The Hall–Kier alpha value is -1.12. The van der Waals surface area contributed by atoms with Crippen LogP contribution in [-0.4, -0.2) is 19.3 Å². The molecule has 1 heterocycles. The molecule has 0 radical (unpaired) electrons. The molecule has 0 bridgehead atoms. The zero-order valence-electron chi connectivity index (χ0n) is 10.2. The van der Waals surface area contributed by atoms with Gasteiger partial charge in [0, 0.05) is 19.6 Å². The maximum Gasteiger partial charge on any atom is 0.0777 e. The van der Waals surface area contributed by atoms with E-state index in [-0.39, 0.29) is 6.10 Å². The highest BCUT2D eigenvalue weighted by Gasteiger charge is 2.07. The third-order valence-corrected chi connectivity index (χ3v) is 2.86. The van der Waals surface area contributed by atoms with E-state index in [9.17, 15) is 0 Å². The highest BCUT2D eigenvalue weighted by Crippen LogP contribution is 2.09. The molecule has 0 fully saturated rings. The fraction of sp³-hybridized carbons (Fsp3) is 0.467. The van der Waals surface area contributed by atoms with Gasteiger partial charge >= 0.3 is 0 Å². The lowest BCUT2D eigenvalue weighted by molar-refractivity contribution is 0.0441. The van der Waals surface area contributed by atoms with Crippen LogP contribution in [-0.2, 0) is 16.1 Å². The van der Waals surface area contributed by atoms with Crippen LogP contribution in [0.5, 0.6) is 0 Å². The molecule has 1 aliphatic heterocycles. The monoisotopic (exact) mass is 232 g/mol. The minimum absolute atomic E-state index is 0.244. The molecule has 1 aromatic rings. The Bertz CT molecular complexity index is 332. The molecular weight excluding hydrogens is 212 g/mol. The molecule has 1 aliphatic rings. The number of hydrogen-bond donors (Lipinski definition) is 0. The second-order valence-electron chi connectivity index (χ2n) is 4.31. The van der Waals surface area contributed by atoms with Gasteiger partial charge in [-0.25, -0.2) is 0 Å². The van der Waals surface area contributed by atoms with Gasteiger partial charge in [-0.15, -0.1) is 0 Å². The van der Waals surface area contributed by atoms with E-state index in [0.29, 0.717) is 6.61 Å². The van der Waals surface area contributed by atoms with Crippen molar-refractivity contribution in [2.24, 2.45) is 0 Å². The molecule has 0 amide bonds. The molecule has 2 heteroatoms. The fourth-order valence-electron chi connectivity index (χ4n) is 1.88. The maximum absolute atomic E-state index is 5.69. The summed E-state index contributed by atoms with van der Waals surface area (Å²) in [5, 5.41) is 0. The lowest BCUT2D eigenvalue weighted by Gasteiger charge is -2.12. The van der Waals surface area contributed by atoms with Crippen molar-refractivity contribution < 1.29 is 9.47 Å². The molecule has 17 heavy (non-hydrogen) atoms.